The van der Waals surface area contributed by atoms with Crippen LogP contribution < -0.4 is 15.8 Å². The molecule has 1 saturated carbocycles. The highest BCUT2D eigenvalue weighted by molar-refractivity contribution is 7.89. The standard InChI is InChI=1S/C18H23N3O3S2/c1-18(12-19,14-7-8-14)21-17(22)13-4-2-6-16(10-13)26(23,24)20-11-15-5-3-9-25-15/h2-6,9-10,14,20H,7-8,11-12,19H2,1H3,(H,21,22). The van der Waals surface area contributed by atoms with Gasteiger partial charge in [-0.25, -0.2) is 13.1 Å². The van der Waals surface area contributed by atoms with Gasteiger partial charge in [-0.1, -0.05) is 12.1 Å². The van der Waals surface area contributed by atoms with Crippen molar-refractivity contribution in [2.75, 3.05) is 6.54 Å². The fourth-order valence-corrected chi connectivity index (χ4v) is 4.63. The highest BCUT2D eigenvalue weighted by Gasteiger charge is 2.41. The maximum atomic E-state index is 12.6. The van der Waals surface area contributed by atoms with E-state index >= 15 is 0 Å². The van der Waals surface area contributed by atoms with Gasteiger partial charge in [0.15, 0.2) is 0 Å². The lowest BCUT2D eigenvalue weighted by Crippen LogP contribution is -2.53. The van der Waals surface area contributed by atoms with E-state index in [0.717, 1.165) is 17.7 Å². The molecule has 1 aliphatic rings. The van der Waals surface area contributed by atoms with Gasteiger partial charge in [0.05, 0.1) is 10.4 Å². The van der Waals surface area contributed by atoms with Gasteiger partial charge in [-0.3, -0.25) is 4.79 Å². The van der Waals surface area contributed by atoms with E-state index in [1.54, 1.807) is 12.1 Å². The number of carbonyl (C=O) groups is 1. The van der Waals surface area contributed by atoms with Gasteiger partial charge in [0.2, 0.25) is 10.0 Å². The van der Waals surface area contributed by atoms with Crippen LogP contribution in [0.25, 0.3) is 0 Å². The third-order valence-corrected chi connectivity index (χ3v) is 7.00. The Balaban J connectivity index is 1.73. The minimum absolute atomic E-state index is 0.0718. The summed E-state index contributed by atoms with van der Waals surface area (Å²) in [7, 11) is -3.69. The van der Waals surface area contributed by atoms with Crippen molar-refractivity contribution in [2.45, 2.75) is 36.7 Å². The van der Waals surface area contributed by atoms with Crippen LogP contribution in [0.3, 0.4) is 0 Å². The molecule has 1 fully saturated rings. The summed E-state index contributed by atoms with van der Waals surface area (Å²) >= 11 is 1.48. The summed E-state index contributed by atoms with van der Waals surface area (Å²) in [6.45, 7) is 2.51. The number of sulfonamides is 1. The third-order valence-electron chi connectivity index (χ3n) is 4.72. The maximum Gasteiger partial charge on any atom is 0.251 e. The number of hydrogen-bond acceptors (Lipinski definition) is 5. The molecule has 140 valence electrons. The van der Waals surface area contributed by atoms with Gasteiger partial charge >= 0.3 is 0 Å². The molecule has 2 aromatic rings. The lowest BCUT2D eigenvalue weighted by molar-refractivity contribution is 0.0897. The van der Waals surface area contributed by atoms with Crippen molar-refractivity contribution < 1.29 is 13.2 Å². The average molecular weight is 394 g/mol. The summed E-state index contributed by atoms with van der Waals surface area (Å²) in [6, 6.07) is 9.80. The van der Waals surface area contributed by atoms with Crippen molar-refractivity contribution in [3.05, 3.63) is 52.2 Å². The maximum absolute atomic E-state index is 12.6. The second-order valence-electron chi connectivity index (χ2n) is 6.78. The summed E-state index contributed by atoms with van der Waals surface area (Å²) in [6.07, 6.45) is 2.10. The van der Waals surface area contributed by atoms with Crippen molar-refractivity contribution in [1.29, 1.82) is 0 Å². The molecule has 3 rings (SSSR count). The fourth-order valence-electron chi connectivity index (χ4n) is 2.84. The zero-order chi connectivity index (χ0) is 18.8. The Morgan fingerprint density at radius 1 is 1.31 bits per heavy atom. The minimum Gasteiger partial charge on any atom is -0.345 e. The van der Waals surface area contributed by atoms with Gasteiger partial charge < -0.3 is 11.1 Å². The zero-order valence-electron chi connectivity index (χ0n) is 14.6. The first-order valence-electron chi connectivity index (χ1n) is 8.49. The molecule has 1 aromatic carbocycles. The van der Waals surface area contributed by atoms with Crippen molar-refractivity contribution >= 4 is 27.3 Å². The molecule has 1 aliphatic carbocycles. The number of thiophene rings is 1. The minimum atomic E-state index is -3.69. The molecule has 8 heteroatoms. The van der Waals surface area contributed by atoms with Crippen LogP contribution in [0, 0.1) is 5.92 Å². The molecule has 1 heterocycles. The molecule has 6 nitrogen and oxygen atoms in total. The van der Waals surface area contributed by atoms with Gasteiger partial charge in [-0.05, 0) is 55.3 Å². The highest BCUT2D eigenvalue weighted by Crippen LogP contribution is 2.39. The molecule has 0 spiro atoms. The van der Waals surface area contributed by atoms with E-state index in [-0.39, 0.29) is 17.3 Å². The molecule has 0 aliphatic heterocycles. The number of carbonyl (C=O) groups excluding carboxylic acids is 1. The van der Waals surface area contributed by atoms with E-state index in [2.05, 4.69) is 10.0 Å². The summed E-state index contributed by atoms with van der Waals surface area (Å²) in [5.41, 5.74) is 5.69. The first kappa shape index (κ1) is 19.0. The number of hydrogen-bond donors (Lipinski definition) is 3. The second-order valence-corrected chi connectivity index (χ2v) is 9.58. The number of benzene rings is 1. The predicted octanol–water partition coefficient (Wildman–Crippen LogP) is 2.08. The molecule has 26 heavy (non-hydrogen) atoms. The largest absolute Gasteiger partial charge is 0.345 e. The summed E-state index contributed by atoms with van der Waals surface area (Å²) < 4.78 is 27.6. The van der Waals surface area contributed by atoms with E-state index in [4.69, 9.17) is 5.73 Å². The van der Waals surface area contributed by atoms with Crippen LogP contribution in [-0.2, 0) is 16.6 Å². The zero-order valence-corrected chi connectivity index (χ0v) is 16.2. The first-order chi connectivity index (χ1) is 12.3. The smallest absolute Gasteiger partial charge is 0.251 e. The molecule has 0 saturated heterocycles. The first-order valence-corrected chi connectivity index (χ1v) is 10.8. The number of nitrogens with one attached hydrogen (secondary N) is 2. The van der Waals surface area contributed by atoms with Crippen molar-refractivity contribution in [3.63, 3.8) is 0 Å². The van der Waals surface area contributed by atoms with Crippen LogP contribution in [0.1, 0.15) is 35.0 Å². The van der Waals surface area contributed by atoms with E-state index in [0.29, 0.717) is 18.0 Å². The van der Waals surface area contributed by atoms with Gasteiger partial charge in [0.1, 0.15) is 0 Å². The van der Waals surface area contributed by atoms with Crippen LogP contribution in [0.15, 0.2) is 46.7 Å². The molecular formula is C18H23N3O3S2. The lowest BCUT2D eigenvalue weighted by Gasteiger charge is -2.29. The Morgan fingerprint density at radius 3 is 2.69 bits per heavy atom. The van der Waals surface area contributed by atoms with Crippen molar-refractivity contribution in [2.24, 2.45) is 11.7 Å². The Bertz CT molecular complexity index is 877. The van der Waals surface area contributed by atoms with Gasteiger partial charge in [-0.2, -0.15) is 0 Å². The van der Waals surface area contributed by atoms with Crippen LogP contribution >= 0.6 is 11.3 Å². The number of nitrogens with two attached hydrogens (primary N) is 1. The topological polar surface area (TPSA) is 101 Å². The molecule has 0 radical (unpaired) electrons. The molecular weight excluding hydrogens is 370 g/mol. The van der Waals surface area contributed by atoms with E-state index in [1.807, 2.05) is 24.4 Å². The van der Waals surface area contributed by atoms with Crippen LogP contribution in [0.4, 0.5) is 0 Å². The van der Waals surface area contributed by atoms with Crippen LogP contribution in [0.2, 0.25) is 0 Å². The van der Waals surface area contributed by atoms with Gasteiger partial charge in [-0.15, -0.1) is 11.3 Å². The Hall–Kier alpha value is -1.74. The fraction of sp³-hybridized carbons (Fsp3) is 0.389. The number of rotatable bonds is 8. The third kappa shape index (κ3) is 4.32. The van der Waals surface area contributed by atoms with Crippen LogP contribution in [0.5, 0.6) is 0 Å². The lowest BCUT2D eigenvalue weighted by atomic mass is 9.95. The second kappa shape index (κ2) is 7.48. The average Bonchev–Trinajstić information content (AvgIpc) is 3.37. The molecule has 1 amide bonds. The normalized spacial score (nSPS) is 16.8. The van der Waals surface area contributed by atoms with Gasteiger partial charge in [0, 0.05) is 23.5 Å². The number of amides is 1. The predicted molar refractivity (Wildman–Crippen MR) is 102 cm³/mol. The Labute approximate surface area is 157 Å². The van der Waals surface area contributed by atoms with E-state index in [9.17, 15) is 13.2 Å². The molecule has 1 aromatic heterocycles. The quantitative estimate of drug-likeness (QED) is 0.639. The van der Waals surface area contributed by atoms with Gasteiger partial charge in [0.25, 0.3) is 5.91 Å². The molecule has 1 atom stereocenters. The summed E-state index contributed by atoms with van der Waals surface area (Å²) in [5, 5.41) is 4.87. The monoisotopic (exact) mass is 393 g/mol. The Morgan fingerprint density at radius 2 is 2.08 bits per heavy atom. The van der Waals surface area contributed by atoms with E-state index < -0.39 is 15.6 Å². The molecule has 1 unspecified atom stereocenters. The molecule has 4 N–H and O–H groups in total. The van der Waals surface area contributed by atoms with E-state index in [1.165, 1.54) is 23.5 Å². The van der Waals surface area contributed by atoms with Crippen molar-refractivity contribution in [1.82, 2.24) is 10.0 Å². The molecule has 0 bridgehead atoms. The summed E-state index contributed by atoms with van der Waals surface area (Å²) in [4.78, 5) is 13.6. The highest BCUT2D eigenvalue weighted by atomic mass is 32.2. The van der Waals surface area contributed by atoms with Crippen molar-refractivity contribution in [3.8, 4) is 0 Å². The Kier molecular flexibility index (Phi) is 5.47. The van der Waals surface area contributed by atoms with Crippen LogP contribution in [-0.4, -0.2) is 26.4 Å². The SMILES string of the molecule is CC(CN)(NC(=O)c1cccc(S(=O)(=O)NCc2cccs2)c1)C1CC1. The summed E-state index contributed by atoms with van der Waals surface area (Å²) in [5.74, 6) is 0.0796.